The Bertz CT molecular complexity index is 1340. The van der Waals surface area contributed by atoms with Crippen molar-refractivity contribution in [3.05, 3.63) is 65.8 Å². The summed E-state index contributed by atoms with van der Waals surface area (Å²) >= 11 is 2.95. The highest BCUT2D eigenvalue weighted by molar-refractivity contribution is 7.18. The second kappa shape index (κ2) is 8.37. The van der Waals surface area contributed by atoms with E-state index in [1.807, 2.05) is 42.0 Å². The molecule has 5 aromatic rings. The molecule has 3 aromatic heterocycles. The van der Waals surface area contributed by atoms with Crippen LogP contribution in [-0.2, 0) is 11.3 Å². The third kappa shape index (κ3) is 3.97. The molecule has 0 spiro atoms. The Hall–Kier alpha value is -3.43. The number of para-hydroxylation sites is 2. The van der Waals surface area contributed by atoms with Crippen molar-refractivity contribution in [1.82, 2.24) is 24.7 Å². The third-order valence-corrected chi connectivity index (χ3v) is 6.50. The van der Waals surface area contributed by atoms with E-state index in [4.69, 9.17) is 4.98 Å². The second-order valence-electron chi connectivity index (χ2n) is 6.89. The summed E-state index contributed by atoms with van der Waals surface area (Å²) < 4.78 is 2.22. The number of fused-ring (bicyclic) bond motifs is 1. The minimum Gasteiger partial charge on any atom is -0.319 e. The number of carbonyl (C=O) groups excluding carboxylic acids is 1. The lowest BCUT2D eigenvalue weighted by Crippen LogP contribution is -2.08. The molecular formula is C22H18N6OS2. The number of amides is 1. The summed E-state index contributed by atoms with van der Waals surface area (Å²) in [6.07, 6.45) is 2.27. The topological polar surface area (TPSA) is 85.6 Å². The summed E-state index contributed by atoms with van der Waals surface area (Å²) in [6.45, 7) is 2.50. The predicted molar refractivity (Wildman–Crippen MR) is 124 cm³/mol. The van der Waals surface area contributed by atoms with Gasteiger partial charge in [-0.25, -0.2) is 4.98 Å². The molecule has 0 saturated heterocycles. The Morgan fingerprint density at radius 3 is 2.71 bits per heavy atom. The SMILES string of the molecule is CCC(=O)Nc1nnc(-c2ccc(Cn3c(-c4cncs4)nc4ccccc43)cc2)s1. The number of nitrogens with zero attached hydrogens (tertiary/aromatic N) is 5. The van der Waals surface area contributed by atoms with Crippen molar-refractivity contribution in [2.24, 2.45) is 0 Å². The first kappa shape index (κ1) is 19.5. The lowest BCUT2D eigenvalue weighted by atomic mass is 10.1. The molecule has 0 radical (unpaired) electrons. The Kier molecular flexibility index (Phi) is 5.27. The maximum atomic E-state index is 11.5. The van der Waals surface area contributed by atoms with Crippen LogP contribution in [0.2, 0.25) is 0 Å². The van der Waals surface area contributed by atoms with E-state index in [9.17, 15) is 4.79 Å². The number of rotatable bonds is 6. The second-order valence-corrected chi connectivity index (χ2v) is 8.75. The van der Waals surface area contributed by atoms with Crippen molar-refractivity contribution in [1.29, 1.82) is 0 Å². The van der Waals surface area contributed by atoms with Crippen molar-refractivity contribution in [3.8, 4) is 21.3 Å². The maximum absolute atomic E-state index is 11.5. The first-order valence-electron chi connectivity index (χ1n) is 9.78. The summed E-state index contributed by atoms with van der Waals surface area (Å²) in [5, 5.41) is 12.3. The number of hydrogen-bond acceptors (Lipinski definition) is 7. The van der Waals surface area contributed by atoms with E-state index >= 15 is 0 Å². The molecule has 0 aliphatic rings. The van der Waals surface area contributed by atoms with Gasteiger partial charge < -0.3 is 9.88 Å². The molecule has 1 N–H and O–H groups in total. The number of aromatic nitrogens is 5. The summed E-state index contributed by atoms with van der Waals surface area (Å²) in [5.41, 5.74) is 6.01. The smallest absolute Gasteiger partial charge is 0.225 e. The van der Waals surface area contributed by atoms with Crippen molar-refractivity contribution in [3.63, 3.8) is 0 Å². The minimum atomic E-state index is -0.0673. The van der Waals surface area contributed by atoms with Crippen LogP contribution in [0, 0.1) is 0 Å². The largest absolute Gasteiger partial charge is 0.319 e. The standard InChI is InChI=1S/C22H18N6OS2/c1-2-19(29)25-22-27-26-21(31-22)15-9-7-14(8-10-15)12-28-17-6-4-3-5-16(17)24-20(28)18-11-23-13-30-18/h3-11,13H,2,12H2,1H3,(H,25,27,29). The normalized spacial score (nSPS) is 11.1. The van der Waals surface area contributed by atoms with Crippen molar-refractivity contribution >= 4 is 44.7 Å². The van der Waals surface area contributed by atoms with Crippen LogP contribution < -0.4 is 5.32 Å². The Morgan fingerprint density at radius 1 is 1.10 bits per heavy atom. The van der Waals surface area contributed by atoms with Crippen LogP contribution in [-0.4, -0.2) is 30.6 Å². The number of thiazole rings is 1. The van der Waals surface area contributed by atoms with Gasteiger partial charge >= 0.3 is 0 Å². The van der Waals surface area contributed by atoms with E-state index in [1.54, 1.807) is 18.3 Å². The summed E-state index contributed by atoms with van der Waals surface area (Å²) in [4.78, 5) is 21.6. The molecule has 9 heteroatoms. The first-order valence-corrected chi connectivity index (χ1v) is 11.5. The lowest BCUT2D eigenvalue weighted by Gasteiger charge is -2.09. The van der Waals surface area contributed by atoms with Gasteiger partial charge in [0, 0.05) is 24.7 Å². The maximum Gasteiger partial charge on any atom is 0.225 e. The molecule has 0 saturated carbocycles. The zero-order valence-corrected chi connectivity index (χ0v) is 18.3. The summed E-state index contributed by atoms with van der Waals surface area (Å²) in [7, 11) is 0. The number of imidazole rings is 1. The van der Waals surface area contributed by atoms with Gasteiger partial charge in [0.1, 0.15) is 5.01 Å². The highest BCUT2D eigenvalue weighted by atomic mass is 32.1. The number of anilines is 1. The van der Waals surface area contributed by atoms with Crippen molar-refractivity contribution in [2.75, 3.05) is 5.32 Å². The summed E-state index contributed by atoms with van der Waals surface area (Å²) in [5.74, 6) is 0.857. The van der Waals surface area contributed by atoms with Gasteiger partial charge in [0.15, 0.2) is 5.82 Å². The average Bonchev–Trinajstić information content (AvgIpc) is 3.55. The van der Waals surface area contributed by atoms with Gasteiger partial charge in [-0.05, 0) is 17.7 Å². The molecule has 5 rings (SSSR count). The summed E-state index contributed by atoms with van der Waals surface area (Å²) in [6, 6.07) is 16.4. The van der Waals surface area contributed by atoms with Crippen molar-refractivity contribution in [2.45, 2.75) is 19.9 Å². The lowest BCUT2D eigenvalue weighted by molar-refractivity contribution is -0.115. The molecule has 0 bridgehead atoms. The van der Waals surface area contributed by atoms with Crippen LogP contribution in [0.3, 0.4) is 0 Å². The third-order valence-electron chi connectivity index (χ3n) is 4.84. The Balaban J connectivity index is 1.42. The van der Waals surface area contributed by atoms with E-state index < -0.39 is 0 Å². The fraction of sp³-hybridized carbons (Fsp3) is 0.136. The van der Waals surface area contributed by atoms with Gasteiger partial charge in [0.25, 0.3) is 0 Å². The molecule has 154 valence electrons. The number of hydrogen-bond donors (Lipinski definition) is 1. The molecule has 0 atom stereocenters. The molecule has 0 unspecified atom stereocenters. The van der Waals surface area contributed by atoms with Crippen LogP contribution >= 0.6 is 22.7 Å². The molecule has 1 amide bonds. The minimum absolute atomic E-state index is 0.0673. The van der Waals surface area contributed by atoms with E-state index in [-0.39, 0.29) is 5.91 Å². The molecule has 2 aromatic carbocycles. The Morgan fingerprint density at radius 2 is 1.94 bits per heavy atom. The molecule has 0 aliphatic heterocycles. The molecule has 0 aliphatic carbocycles. The van der Waals surface area contributed by atoms with Crippen LogP contribution in [0.5, 0.6) is 0 Å². The Labute approximate surface area is 186 Å². The van der Waals surface area contributed by atoms with E-state index in [2.05, 4.69) is 43.3 Å². The van der Waals surface area contributed by atoms with E-state index in [0.717, 1.165) is 37.9 Å². The van der Waals surface area contributed by atoms with Gasteiger partial charge in [-0.2, -0.15) is 0 Å². The van der Waals surface area contributed by atoms with Gasteiger partial charge in [-0.15, -0.1) is 21.5 Å². The first-order chi connectivity index (χ1) is 15.2. The molecular weight excluding hydrogens is 428 g/mol. The van der Waals surface area contributed by atoms with Gasteiger partial charge in [0.05, 0.1) is 21.4 Å². The van der Waals surface area contributed by atoms with Crippen LogP contribution in [0.4, 0.5) is 5.13 Å². The van der Waals surface area contributed by atoms with Gasteiger partial charge in [0.2, 0.25) is 11.0 Å². The predicted octanol–water partition coefficient (Wildman–Crippen LogP) is 5.08. The highest BCUT2D eigenvalue weighted by Crippen LogP contribution is 2.30. The zero-order chi connectivity index (χ0) is 21.2. The van der Waals surface area contributed by atoms with Gasteiger partial charge in [-0.1, -0.05) is 54.7 Å². The van der Waals surface area contributed by atoms with E-state index in [0.29, 0.717) is 18.1 Å². The fourth-order valence-corrected chi connectivity index (χ4v) is 4.67. The highest BCUT2D eigenvalue weighted by Gasteiger charge is 2.14. The molecule has 0 fully saturated rings. The number of carbonyl (C=O) groups is 1. The number of benzene rings is 2. The average molecular weight is 447 g/mol. The zero-order valence-electron chi connectivity index (χ0n) is 16.6. The quantitative estimate of drug-likeness (QED) is 0.393. The number of nitrogens with one attached hydrogen (secondary N) is 1. The monoisotopic (exact) mass is 446 g/mol. The molecule has 31 heavy (non-hydrogen) atoms. The van der Waals surface area contributed by atoms with Crippen LogP contribution in [0.1, 0.15) is 18.9 Å². The van der Waals surface area contributed by atoms with Crippen LogP contribution in [0.15, 0.2) is 60.2 Å². The van der Waals surface area contributed by atoms with Crippen LogP contribution in [0.25, 0.3) is 32.3 Å². The fourth-order valence-electron chi connectivity index (χ4n) is 3.28. The van der Waals surface area contributed by atoms with Crippen molar-refractivity contribution < 1.29 is 4.79 Å². The molecule has 3 heterocycles. The van der Waals surface area contributed by atoms with E-state index in [1.165, 1.54) is 11.3 Å². The van der Waals surface area contributed by atoms with Gasteiger partial charge in [-0.3, -0.25) is 9.78 Å². The molecule has 7 nitrogen and oxygen atoms in total.